The fourth-order valence-electron chi connectivity index (χ4n) is 4.09. The van der Waals surface area contributed by atoms with Crippen molar-refractivity contribution < 1.29 is 4.79 Å². The molecular weight excluding hydrogens is 350 g/mol. The van der Waals surface area contributed by atoms with Crippen LogP contribution < -0.4 is 10.6 Å². The molecule has 1 amide bonds. The zero-order valence-electron chi connectivity index (χ0n) is 17.2. The van der Waals surface area contributed by atoms with E-state index in [2.05, 4.69) is 57.8 Å². The normalized spacial score (nSPS) is 21.0. The molecule has 2 fully saturated rings. The highest BCUT2D eigenvalue weighted by atomic mass is 16.2. The molecule has 2 aliphatic heterocycles. The van der Waals surface area contributed by atoms with Gasteiger partial charge in [0.2, 0.25) is 5.91 Å². The third-order valence-electron chi connectivity index (χ3n) is 5.66. The number of hydrogen-bond acceptors (Lipinski definition) is 3. The Balaban J connectivity index is 1.53. The smallest absolute Gasteiger partial charge is 0.244 e. The SMILES string of the molecule is CCNC(=NCC(=O)N1CCCC1)NCC1CCCCN1Cc1ccccc1. The Kier molecular flexibility index (Phi) is 8.15. The summed E-state index contributed by atoms with van der Waals surface area (Å²) in [6.45, 7) is 7.84. The third-order valence-corrected chi connectivity index (χ3v) is 5.66. The minimum Gasteiger partial charge on any atom is -0.357 e. The van der Waals surface area contributed by atoms with E-state index >= 15 is 0 Å². The molecule has 0 radical (unpaired) electrons. The topological polar surface area (TPSA) is 60.0 Å². The van der Waals surface area contributed by atoms with Crippen LogP contribution in [0.5, 0.6) is 0 Å². The van der Waals surface area contributed by atoms with Gasteiger partial charge in [-0.25, -0.2) is 4.99 Å². The van der Waals surface area contributed by atoms with Gasteiger partial charge in [-0.1, -0.05) is 36.8 Å². The lowest BCUT2D eigenvalue weighted by Crippen LogP contribution is -2.49. The fourth-order valence-corrected chi connectivity index (χ4v) is 4.09. The number of nitrogens with one attached hydrogen (secondary N) is 2. The maximum Gasteiger partial charge on any atom is 0.244 e. The summed E-state index contributed by atoms with van der Waals surface area (Å²) in [5, 5.41) is 6.76. The molecule has 6 nitrogen and oxygen atoms in total. The Morgan fingerprint density at radius 1 is 1.07 bits per heavy atom. The van der Waals surface area contributed by atoms with E-state index in [1.54, 1.807) is 0 Å². The Labute approximate surface area is 169 Å². The third kappa shape index (κ3) is 6.23. The molecule has 28 heavy (non-hydrogen) atoms. The molecule has 0 bridgehead atoms. The van der Waals surface area contributed by atoms with Gasteiger partial charge in [-0.15, -0.1) is 0 Å². The minimum atomic E-state index is 0.137. The number of carbonyl (C=O) groups excluding carboxylic acids is 1. The van der Waals surface area contributed by atoms with Crippen LogP contribution in [0, 0.1) is 0 Å². The van der Waals surface area contributed by atoms with E-state index < -0.39 is 0 Å². The molecule has 1 unspecified atom stereocenters. The van der Waals surface area contributed by atoms with Crippen molar-refractivity contribution in [2.75, 3.05) is 39.3 Å². The van der Waals surface area contributed by atoms with Crippen LogP contribution in [-0.4, -0.2) is 67.0 Å². The van der Waals surface area contributed by atoms with E-state index in [-0.39, 0.29) is 12.5 Å². The molecular formula is C22H35N5O. The van der Waals surface area contributed by atoms with Crippen molar-refractivity contribution in [2.24, 2.45) is 4.99 Å². The summed E-state index contributed by atoms with van der Waals surface area (Å²) in [4.78, 5) is 21.3. The van der Waals surface area contributed by atoms with Gasteiger partial charge in [0.05, 0.1) is 0 Å². The first-order valence-corrected chi connectivity index (χ1v) is 10.8. The van der Waals surface area contributed by atoms with Crippen LogP contribution in [0.3, 0.4) is 0 Å². The fraction of sp³-hybridized carbons (Fsp3) is 0.636. The second kappa shape index (κ2) is 11.1. The Morgan fingerprint density at radius 3 is 2.57 bits per heavy atom. The predicted octanol–water partition coefficient (Wildman–Crippen LogP) is 2.22. The molecule has 0 saturated carbocycles. The number of aliphatic imine (C=N–C) groups is 1. The van der Waals surface area contributed by atoms with E-state index in [4.69, 9.17) is 0 Å². The number of rotatable bonds is 7. The van der Waals surface area contributed by atoms with Gasteiger partial charge >= 0.3 is 0 Å². The summed E-state index contributed by atoms with van der Waals surface area (Å²) in [5.74, 6) is 0.887. The molecule has 3 rings (SSSR count). The van der Waals surface area contributed by atoms with Crippen LogP contribution in [0.4, 0.5) is 0 Å². The van der Waals surface area contributed by atoms with Crippen molar-refractivity contribution in [1.29, 1.82) is 0 Å². The number of carbonyl (C=O) groups is 1. The number of nitrogens with zero attached hydrogens (tertiary/aromatic N) is 3. The summed E-state index contributed by atoms with van der Waals surface area (Å²) in [5.41, 5.74) is 1.37. The Morgan fingerprint density at radius 2 is 1.82 bits per heavy atom. The molecule has 0 aromatic heterocycles. The molecule has 2 N–H and O–H groups in total. The van der Waals surface area contributed by atoms with Gasteiger partial charge in [0.15, 0.2) is 5.96 Å². The summed E-state index contributed by atoms with van der Waals surface area (Å²) < 4.78 is 0. The maximum absolute atomic E-state index is 12.3. The van der Waals surface area contributed by atoms with Gasteiger partial charge < -0.3 is 15.5 Å². The Bertz CT molecular complexity index is 627. The lowest BCUT2D eigenvalue weighted by molar-refractivity contribution is -0.128. The number of piperidine rings is 1. The number of hydrogen-bond donors (Lipinski definition) is 2. The summed E-state index contributed by atoms with van der Waals surface area (Å²) in [7, 11) is 0. The van der Waals surface area contributed by atoms with Crippen molar-refractivity contribution in [3.63, 3.8) is 0 Å². The lowest BCUT2D eigenvalue weighted by atomic mass is 10.0. The van der Waals surface area contributed by atoms with Crippen LogP contribution in [-0.2, 0) is 11.3 Å². The first kappa shape index (κ1) is 20.6. The van der Waals surface area contributed by atoms with Gasteiger partial charge in [0.25, 0.3) is 0 Å². The first-order chi connectivity index (χ1) is 13.8. The molecule has 154 valence electrons. The summed E-state index contributed by atoms with van der Waals surface area (Å²) in [6.07, 6.45) is 5.98. The van der Waals surface area contributed by atoms with E-state index in [1.165, 1.54) is 24.8 Å². The summed E-state index contributed by atoms with van der Waals surface area (Å²) >= 11 is 0. The first-order valence-electron chi connectivity index (χ1n) is 10.8. The van der Waals surface area contributed by atoms with Crippen LogP contribution >= 0.6 is 0 Å². The zero-order valence-corrected chi connectivity index (χ0v) is 17.2. The van der Waals surface area contributed by atoms with Gasteiger partial charge in [-0.2, -0.15) is 0 Å². The predicted molar refractivity (Wildman–Crippen MR) is 114 cm³/mol. The van der Waals surface area contributed by atoms with Crippen LogP contribution in [0.1, 0.15) is 44.6 Å². The van der Waals surface area contributed by atoms with Gasteiger partial charge in [-0.3, -0.25) is 9.69 Å². The molecule has 0 aliphatic carbocycles. The van der Waals surface area contributed by atoms with Crippen LogP contribution in [0.2, 0.25) is 0 Å². The van der Waals surface area contributed by atoms with E-state index in [0.29, 0.717) is 6.04 Å². The van der Waals surface area contributed by atoms with E-state index in [9.17, 15) is 4.79 Å². The second-order valence-corrected chi connectivity index (χ2v) is 7.77. The highest BCUT2D eigenvalue weighted by Crippen LogP contribution is 2.19. The van der Waals surface area contributed by atoms with Gasteiger partial charge in [0, 0.05) is 38.8 Å². The quantitative estimate of drug-likeness (QED) is 0.558. The van der Waals surface area contributed by atoms with Crippen LogP contribution in [0.15, 0.2) is 35.3 Å². The minimum absolute atomic E-state index is 0.137. The molecule has 2 heterocycles. The van der Waals surface area contributed by atoms with Crippen molar-refractivity contribution in [3.8, 4) is 0 Å². The second-order valence-electron chi connectivity index (χ2n) is 7.77. The highest BCUT2D eigenvalue weighted by molar-refractivity contribution is 5.85. The number of likely N-dealkylation sites (tertiary alicyclic amines) is 2. The van der Waals surface area contributed by atoms with E-state index in [0.717, 1.165) is 58.1 Å². The molecule has 1 aromatic carbocycles. The monoisotopic (exact) mass is 385 g/mol. The Hall–Kier alpha value is -2.08. The number of benzene rings is 1. The lowest BCUT2D eigenvalue weighted by Gasteiger charge is -2.36. The standard InChI is InChI=1S/C22H35N5O/c1-2-23-22(25-17-21(28)26-13-8-9-14-26)24-16-20-12-6-7-15-27(20)18-19-10-4-3-5-11-19/h3-5,10-11,20H,2,6-9,12-18H2,1H3,(H2,23,24,25). The van der Waals surface area contributed by atoms with Crippen LogP contribution in [0.25, 0.3) is 0 Å². The average molecular weight is 386 g/mol. The number of amides is 1. The van der Waals surface area contributed by atoms with Gasteiger partial charge in [-0.05, 0) is 44.7 Å². The molecule has 1 atom stereocenters. The van der Waals surface area contributed by atoms with Crippen molar-refractivity contribution >= 4 is 11.9 Å². The molecule has 0 spiro atoms. The van der Waals surface area contributed by atoms with Gasteiger partial charge in [0.1, 0.15) is 6.54 Å². The van der Waals surface area contributed by atoms with Crippen molar-refractivity contribution in [3.05, 3.63) is 35.9 Å². The maximum atomic E-state index is 12.3. The molecule has 1 aromatic rings. The van der Waals surface area contributed by atoms with Crippen molar-refractivity contribution in [1.82, 2.24) is 20.4 Å². The molecule has 2 aliphatic rings. The highest BCUT2D eigenvalue weighted by Gasteiger charge is 2.23. The average Bonchev–Trinajstić information content (AvgIpc) is 3.27. The molecule has 2 saturated heterocycles. The van der Waals surface area contributed by atoms with Crippen molar-refractivity contribution in [2.45, 2.75) is 51.6 Å². The van der Waals surface area contributed by atoms with E-state index in [1.807, 2.05) is 4.90 Å². The molecule has 6 heteroatoms. The largest absolute Gasteiger partial charge is 0.357 e. The zero-order chi connectivity index (χ0) is 19.6. The number of guanidine groups is 1. The summed E-state index contributed by atoms with van der Waals surface area (Å²) in [6, 6.07) is 11.2.